The molecule has 13 heavy (non-hydrogen) atoms. The van der Waals surface area contributed by atoms with Crippen LogP contribution >= 0.6 is 0 Å². The summed E-state index contributed by atoms with van der Waals surface area (Å²) in [6.07, 6.45) is 3.23. The van der Waals surface area contributed by atoms with Crippen molar-refractivity contribution in [3.05, 3.63) is 0 Å². The van der Waals surface area contributed by atoms with Crippen molar-refractivity contribution in [1.82, 2.24) is 15.1 Å². The predicted octanol–water partition coefficient (Wildman–Crippen LogP) is 1.17. The van der Waals surface area contributed by atoms with Gasteiger partial charge in [0.25, 0.3) is 0 Å². The smallest absolute Gasteiger partial charge is 0.0601 e. The zero-order valence-electron chi connectivity index (χ0n) is 9.96. The molecule has 2 unspecified atom stereocenters. The molecular weight excluding hydrogens is 162 g/mol. The summed E-state index contributed by atoms with van der Waals surface area (Å²) in [6, 6.07) is 0. The SMILES string of the molecule is CCC(NC(CC)N(C)C)N(C)C. The molecule has 0 aromatic heterocycles. The highest BCUT2D eigenvalue weighted by Crippen LogP contribution is 2.01. The molecule has 0 fully saturated rings. The van der Waals surface area contributed by atoms with E-state index in [4.69, 9.17) is 0 Å². The summed E-state index contributed by atoms with van der Waals surface area (Å²) in [4.78, 5) is 4.46. The van der Waals surface area contributed by atoms with Gasteiger partial charge in [-0.2, -0.15) is 0 Å². The Morgan fingerprint density at radius 2 is 1.15 bits per heavy atom. The van der Waals surface area contributed by atoms with Crippen LogP contribution in [-0.2, 0) is 0 Å². The van der Waals surface area contributed by atoms with Gasteiger partial charge in [0.05, 0.1) is 12.3 Å². The van der Waals surface area contributed by atoms with E-state index >= 15 is 0 Å². The summed E-state index contributed by atoms with van der Waals surface area (Å²) in [5.41, 5.74) is 0. The van der Waals surface area contributed by atoms with Crippen molar-refractivity contribution in [1.29, 1.82) is 0 Å². The third-order valence-electron chi connectivity index (χ3n) is 2.40. The summed E-state index contributed by atoms with van der Waals surface area (Å²) < 4.78 is 0. The molecule has 1 N–H and O–H groups in total. The minimum absolute atomic E-state index is 0.479. The van der Waals surface area contributed by atoms with Crippen molar-refractivity contribution in [3.63, 3.8) is 0 Å². The maximum atomic E-state index is 3.60. The number of nitrogens with one attached hydrogen (secondary N) is 1. The Hall–Kier alpha value is -0.120. The zero-order chi connectivity index (χ0) is 10.4. The first-order valence-corrected chi connectivity index (χ1v) is 5.11. The Balaban J connectivity index is 4.03. The lowest BCUT2D eigenvalue weighted by atomic mass is 10.3. The lowest BCUT2D eigenvalue weighted by molar-refractivity contribution is 0.147. The van der Waals surface area contributed by atoms with Gasteiger partial charge in [-0.1, -0.05) is 13.8 Å². The van der Waals surface area contributed by atoms with Crippen LogP contribution in [0.15, 0.2) is 0 Å². The summed E-state index contributed by atoms with van der Waals surface area (Å²) in [5.74, 6) is 0. The Morgan fingerprint density at radius 3 is 1.31 bits per heavy atom. The zero-order valence-corrected chi connectivity index (χ0v) is 9.96. The van der Waals surface area contributed by atoms with Gasteiger partial charge in [0.2, 0.25) is 0 Å². The molecule has 0 bridgehead atoms. The molecule has 0 aliphatic carbocycles. The molecular formula is C10H25N3. The van der Waals surface area contributed by atoms with Gasteiger partial charge in [0.1, 0.15) is 0 Å². The van der Waals surface area contributed by atoms with Gasteiger partial charge in [-0.25, -0.2) is 0 Å². The molecule has 3 nitrogen and oxygen atoms in total. The second-order valence-electron chi connectivity index (χ2n) is 3.94. The first-order valence-electron chi connectivity index (χ1n) is 5.11. The van der Waals surface area contributed by atoms with Crippen LogP contribution < -0.4 is 5.32 Å². The van der Waals surface area contributed by atoms with Crippen molar-refractivity contribution < 1.29 is 0 Å². The normalized spacial score (nSPS) is 16.6. The molecule has 0 aromatic carbocycles. The summed E-state index contributed by atoms with van der Waals surface area (Å²) in [5, 5.41) is 3.60. The van der Waals surface area contributed by atoms with E-state index in [1.807, 2.05) is 0 Å². The predicted molar refractivity (Wildman–Crippen MR) is 58.7 cm³/mol. The van der Waals surface area contributed by atoms with Gasteiger partial charge in [-0.05, 0) is 41.0 Å². The lowest BCUT2D eigenvalue weighted by Crippen LogP contribution is -2.51. The van der Waals surface area contributed by atoms with Crippen molar-refractivity contribution in [3.8, 4) is 0 Å². The summed E-state index contributed by atoms with van der Waals surface area (Å²) in [7, 11) is 8.46. The van der Waals surface area contributed by atoms with E-state index in [1.165, 1.54) is 0 Å². The van der Waals surface area contributed by atoms with Crippen molar-refractivity contribution in [2.75, 3.05) is 28.2 Å². The quantitative estimate of drug-likeness (QED) is 0.630. The van der Waals surface area contributed by atoms with Crippen LogP contribution in [0.25, 0.3) is 0 Å². The Kier molecular flexibility index (Phi) is 6.29. The number of hydrogen-bond donors (Lipinski definition) is 1. The monoisotopic (exact) mass is 187 g/mol. The lowest BCUT2D eigenvalue weighted by Gasteiger charge is -2.32. The van der Waals surface area contributed by atoms with Gasteiger partial charge >= 0.3 is 0 Å². The summed E-state index contributed by atoms with van der Waals surface area (Å²) >= 11 is 0. The molecule has 0 radical (unpaired) electrons. The van der Waals surface area contributed by atoms with E-state index in [9.17, 15) is 0 Å². The molecule has 3 heteroatoms. The van der Waals surface area contributed by atoms with Gasteiger partial charge in [0.15, 0.2) is 0 Å². The molecule has 0 heterocycles. The van der Waals surface area contributed by atoms with Crippen LogP contribution in [0.1, 0.15) is 26.7 Å². The average Bonchev–Trinajstić information content (AvgIpc) is 2.05. The average molecular weight is 187 g/mol. The Bertz CT molecular complexity index is 109. The molecule has 0 spiro atoms. The topological polar surface area (TPSA) is 18.5 Å². The molecule has 0 aliphatic heterocycles. The van der Waals surface area contributed by atoms with Crippen LogP contribution in [0.4, 0.5) is 0 Å². The first kappa shape index (κ1) is 12.9. The van der Waals surface area contributed by atoms with Crippen molar-refractivity contribution in [2.45, 2.75) is 39.0 Å². The van der Waals surface area contributed by atoms with E-state index in [2.05, 4.69) is 57.2 Å². The van der Waals surface area contributed by atoms with Gasteiger partial charge < -0.3 is 0 Å². The van der Waals surface area contributed by atoms with Gasteiger partial charge in [-0.3, -0.25) is 15.1 Å². The molecule has 0 saturated heterocycles. The largest absolute Gasteiger partial charge is 0.294 e. The molecule has 0 aliphatic rings. The van der Waals surface area contributed by atoms with E-state index in [0.29, 0.717) is 12.3 Å². The highest BCUT2D eigenvalue weighted by molar-refractivity contribution is 4.68. The van der Waals surface area contributed by atoms with Gasteiger partial charge in [-0.15, -0.1) is 0 Å². The fourth-order valence-electron chi connectivity index (χ4n) is 1.49. The maximum absolute atomic E-state index is 3.60. The molecule has 2 atom stereocenters. The third kappa shape index (κ3) is 4.60. The minimum Gasteiger partial charge on any atom is -0.294 e. The third-order valence-corrected chi connectivity index (χ3v) is 2.40. The van der Waals surface area contributed by atoms with Crippen LogP contribution in [-0.4, -0.2) is 50.3 Å². The molecule has 0 rings (SSSR count). The Labute approximate surface area is 83.1 Å². The molecule has 80 valence electrons. The van der Waals surface area contributed by atoms with Crippen LogP contribution in [0.2, 0.25) is 0 Å². The molecule has 0 amide bonds. The second kappa shape index (κ2) is 6.35. The number of nitrogens with zero attached hydrogens (tertiary/aromatic N) is 2. The maximum Gasteiger partial charge on any atom is 0.0601 e. The van der Waals surface area contributed by atoms with E-state index < -0.39 is 0 Å². The second-order valence-corrected chi connectivity index (χ2v) is 3.94. The fourth-order valence-corrected chi connectivity index (χ4v) is 1.49. The van der Waals surface area contributed by atoms with Crippen LogP contribution in [0, 0.1) is 0 Å². The number of rotatable bonds is 6. The van der Waals surface area contributed by atoms with Crippen molar-refractivity contribution >= 4 is 0 Å². The van der Waals surface area contributed by atoms with E-state index in [0.717, 1.165) is 12.8 Å². The summed E-state index contributed by atoms with van der Waals surface area (Å²) in [6.45, 7) is 4.42. The van der Waals surface area contributed by atoms with E-state index in [-0.39, 0.29) is 0 Å². The standard InChI is InChI=1S/C10H25N3/c1-7-9(12(3)4)11-10(8-2)13(5)6/h9-11H,7-8H2,1-6H3. The molecule has 0 saturated carbocycles. The van der Waals surface area contributed by atoms with Crippen LogP contribution in [0.5, 0.6) is 0 Å². The Morgan fingerprint density at radius 1 is 0.846 bits per heavy atom. The fraction of sp³-hybridized carbons (Fsp3) is 1.00. The highest BCUT2D eigenvalue weighted by Gasteiger charge is 2.14. The van der Waals surface area contributed by atoms with Crippen molar-refractivity contribution in [2.24, 2.45) is 0 Å². The first-order chi connectivity index (χ1) is 6.02. The van der Waals surface area contributed by atoms with Gasteiger partial charge in [0, 0.05) is 0 Å². The molecule has 0 aromatic rings. The van der Waals surface area contributed by atoms with E-state index in [1.54, 1.807) is 0 Å². The minimum atomic E-state index is 0.479. The number of hydrogen-bond acceptors (Lipinski definition) is 3. The van der Waals surface area contributed by atoms with Crippen LogP contribution in [0.3, 0.4) is 0 Å². The highest BCUT2D eigenvalue weighted by atomic mass is 15.3.